The van der Waals surface area contributed by atoms with Crippen LogP contribution in [-0.4, -0.2) is 28.4 Å². The Labute approximate surface area is 103 Å². The van der Waals surface area contributed by atoms with E-state index in [1.54, 1.807) is 11.8 Å². The quantitative estimate of drug-likeness (QED) is 0.854. The smallest absolute Gasteiger partial charge is 0.254 e. The summed E-state index contributed by atoms with van der Waals surface area (Å²) in [6.07, 6.45) is 5.53. The second kappa shape index (κ2) is 4.52. The molecular weight excluding hydrogens is 241 g/mol. The van der Waals surface area contributed by atoms with Gasteiger partial charge in [0.05, 0.1) is 5.56 Å². The molecule has 0 radical (unpaired) electrons. The van der Waals surface area contributed by atoms with Crippen LogP contribution in [0.15, 0.2) is 12.3 Å². The topological polar surface area (TPSA) is 68.0 Å². The number of pyridine rings is 1. The summed E-state index contributed by atoms with van der Waals surface area (Å²) in [7, 11) is 0. The predicted molar refractivity (Wildman–Crippen MR) is 66.4 cm³/mol. The van der Waals surface area contributed by atoms with Crippen LogP contribution >= 0.6 is 11.8 Å². The van der Waals surface area contributed by atoms with Crippen molar-refractivity contribution in [3.63, 3.8) is 0 Å². The predicted octanol–water partition coefficient (Wildman–Crippen LogP) is 1.43. The Balaban J connectivity index is 2.02. The highest BCUT2D eigenvalue weighted by Gasteiger charge is 2.42. The third-order valence-corrected chi connectivity index (χ3v) is 4.39. The summed E-state index contributed by atoms with van der Waals surface area (Å²) in [5.74, 6) is -1.43. The largest absolute Gasteiger partial charge is 0.381 e. The molecule has 0 unspecified atom stereocenters. The molecule has 0 bridgehead atoms. The maximum Gasteiger partial charge on any atom is 0.254 e. The number of halogens is 1. The van der Waals surface area contributed by atoms with Crippen LogP contribution in [0.2, 0.25) is 0 Å². The zero-order chi connectivity index (χ0) is 12.5. The van der Waals surface area contributed by atoms with E-state index in [1.807, 2.05) is 6.26 Å². The molecule has 1 heterocycles. The highest BCUT2D eigenvalue weighted by Crippen LogP contribution is 2.46. The Bertz CT molecular complexity index is 448. The molecule has 6 heteroatoms. The van der Waals surface area contributed by atoms with Crippen LogP contribution in [0.1, 0.15) is 23.2 Å². The summed E-state index contributed by atoms with van der Waals surface area (Å²) in [5, 5.41) is 2.74. The van der Waals surface area contributed by atoms with Gasteiger partial charge in [-0.1, -0.05) is 0 Å². The molecule has 1 aromatic heterocycles. The number of nitrogens with one attached hydrogen (secondary N) is 1. The van der Waals surface area contributed by atoms with Crippen molar-refractivity contribution in [2.45, 2.75) is 17.6 Å². The lowest BCUT2D eigenvalue weighted by atomic mass is 10.2. The van der Waals surface area contributed by atoms with Gasteiger partial charge in [0.2, 0.25) is 0 Å². The molecule has 1 fully saturated rings. The van der Waals surface area contributed by atoms with Gasteiger partial charge in [-0.25, -0.2) is 9.37 Å². The fraction of sp³-hybridized carbons (Fsp3) is 0.455. The van der Waals surface area contributed by atoms with E-state index in [4.69, 9.17) is 5.73 Å². The molecule has 1 amide bonds. The second-order valence-corrected chi connectivity index (χ2v) is 5.40. The molecule has 0 spiro atoms. The number of rotatable bonds is 4. The minimum absolute atomic E-state index is 0.0468. The normalized spacial score (nSPS) is 16.6. The van der Waals surface area contributed by atoms with Crippen LogP contribution in [0.5, 0.6) is 0 Å². The number of carbonyl (C=O) groups excluding carboxylic acids is 1. The number of aromatic nitrogens is 1. The Morgan fingerprint density at radius 1 is 1.71 bits per heavy atom. The standard InChI is InChI=1S/C11H14FN3OS/c1-17-11(3-4-11)6-15-10(16)7-2-5-14-9(13)8(7)12/h2,5H,3-4,6H2,1H3,(H2,13,14)(H,15,16). The summed E-state index contributed by atoms with van der Waals surface area (Å²) in [4.78, 5) is 15.3. The maximum atomic E-state index is 13.5. The average molecular weight is 255 g/mol. The molecule has 0 aliphatic heterocycles. The van der Waals surface area contributed by atoms with E-state index in [0.717, 1.165) is 12.8 Å². The fourth-order valence-corrected chi connectivity index (χ4v) is 2.29. The van der Waals surface area contributed by atoms with Gasteiger partial charge in [-0.2, -0.15) is 11.8 Å². The van der Waals surface area contributed by atoms with Crippen molar-refractivity contribution >= 4 is 23.5 Å². The summed E-state index contributed by atoms with van der Waals surface area (Å²) in [6, 6.07) is 1.33. The van der Waals surface area contributed by atoms with Crippen molar-refractivity contribution in [1.82, 2.24) is 10.3 Å². The van der Waals surface area contributed by atoms with Crippen molar-refractivity contribution in [2.75, 3.05) is 18.5 Å². The van der Waals surface area contributed by atoms with Crippen molar-refractivity contribution in [2.24, 2.45) is 0 Å². The van der Waals surface area contributed by atoms with Crippen LogP contribution in [-0.2, 0) is 0 Å². The molecule has 0 aromatic carbocycles. The molecule has 1 aromatic rings. The van der Waals surface area contributed by atoms with E-state index in [-0.39, 0.29) is 16.1 Å². The number of amides is 1. The lowest BCUT2D eigenvalue weighted by molar-refractivity contribution is 0.0949. The Hall–Kier alpha value is -1.30. The molecule has 1 aliphatic carbocycles. The molecule has 1 aliphatic rings. The van der Waals surface area contributed by atoms with Gasteiger partial charge in [-0.05, 0) is 25.2 Å². The van der Waals surface area contributed by atoms with Crippen LogP contribution in [0, 0.1) is 5.82 Å². The Kier molecular flexibility index (Phi) is 3.24. The molecule has 92 valence electrons. The number of anilines is 1. The SMILES string of the molecule is CSC1(CNC(=O)c2ccnc(N)c2F)CC1. The molecule has 3 N–H and O–H groups in total. The van der Waals surface area contributed by atoms with Gasteiger partial charge in [0, 0.05) is 17.5 Å². The van der Waals surface area contributed by atoms with Gasteiger partial charge >= 0.3 is 0 Å². The first-order valence-electron chi connectivity index (χ1n) is 5.31. The molecule has 4 nitrogen and oxygen atoms in total. The number of nitrogens with two attached hydrogens (primary N) is 1. The van der Waals surface area contributed by atoms with Crippen molar-refractivity contribution in [3.05, 3.63) is 23.6 Å². The first-order valence-corrected chi connectivity index (χ1v) is 6.54. The van der Waals surface area contributed by atoms with Crippen LogP contribution in [0.3, 0.4) is 0 Å². The first-order chi connectivity index (χ1) is 8.08. The van der Waals surface area contributed by atoms with Crippen LogP contribution < -0.4 is 11.1 Å². The van der Waals surface area contributed by atoms with E-state index in [2.05, 4.69) is 10.3 Å². The van der Waals surface area contributed by atoms with Crippen molar-refractivity contribution < 1.29 is 9.18 Å². The van der Waals surface area contributed by atoms with Gasteiger partial charge in [0.15, 0.2) is 11.6 Å². The summed E-state index contributed by atoms with van der Waals surface area (Å²) in [5.41, 5.74) is 5.26. The van der Waals surface area contributed by atoms with Crippen molar-refractivity contribution in [3.8, 4) is 0 Å². The molecule has 0 saturated heterocycles. The minimum Gasteiger partial charge on any atom is -0.381 e. The molecule has 1 saturated carbocycles. The van der Waals surface area contributed by atoms with Gasteiger partial charge in [0.25, 0.3) is 5.91 Å². The van der Waals surface area contributed by atoms with E-state index in [0.29, 0.717) is 6.54 Å². The average Bonchev–Trinajstić information content (AvgIpc) is 3.10. The summed E-state index contributed by atoms with van der Waals surface area (Å²) in [6.45, 7) is 0.564. The number of hydrogen-bond acceptors (Lipinski definition) is 4. The summed E-state index contributed by atoms with van der Waals surface area (Å²) >= 11 is 1.74. The van der Waals surface area contributed by atoms with E-state index in [9.17, 15) is 9.18 Å². The van der Waals surface area contributed by atoms with Gasteiger partial charge in [-0.15, -0.1) is 0 Å². The third-order valence-electron chi connectivity index (χ3n) is 2.97. The number of nitrogens with zero attached hydrogens (tertiary/aromatic N) is 1. The Morgan fingerprint density at radius 3 is 3.00 bits per heavy atom. The van der Waals surface area contributed by atoms with E-state index >= 15 is 0 Å². The number of hydrogen-bond donors (Lipinski definition) is 2. The molecule has 2 rings (SSSR count). The monoisotopic (exact) mass is 255 g/mol. The number of thioether (sulfide) groups is 1. The fourth-order valence-electron chi connectivity index (χ4n) is 1.56. The zero-order valence-corrected chi connectivity index (χ0v) is 10.3. The maximum absolute atomic E-state index is 13.5. The van der Waals surface area contributed by atoms with Gasteiger partial charge in [0.1, 0.15) is 0 Å². The highest BCUT2D eigenvalue weighted by atomic mass is 32.2. The van der Waals surface area contributed by atoms with Gasteiger partial charge in [-0.3, -0.25) is 4.79 Å². The lowest BCUT2D eigenvalue weighted by Gasteiger charge is -2.13. The summed E-state index contributed by atoms with van der Waals surface area (Å²) < 4.78 is 13.7. The molecule has 17 heavy (non-hydrogen) atoms. The lowest BCUT2D eigenvalue weighted by Crippen LogP contribution is -2.32. The van der Waals surface area contributed by atoms with Crippen LogP contribution in [0.25, 0.3) is 0 Å². The van der Waals surface area contributed by atoms with Gasteiger partial charge < -0.3 is 11.1 Å². The number of carbonyl (C=O) groups is 1. The zero-order valence-electron chi connectivity index (χ0n) is 9.50. The second-order valence-electron chi connectivity index (χ2n) is 4.13. The third kappa shape index (κ3) is 2.52. The van der Waals surface area contributed by atoms with Crippen LogP contribution in [0.4, 0.5) is 10.2 Å². The Morgan fingerprint density at radius 2 is 2.41 bits per heavy atom. The van der Waals surface area contributed by atoms with E-state index < -0.39 is 11.7 Å². The number of nitrogen functional groups attached to an aromatic ring is 1. The molecular formula is C11H14FN3OS. The van der Waals surface area contributed by atoms with E-state index in [1.165, 1.54) is 12.3 Å². The minimum atomic E-state index is -0.751. The van der Waals surface area contributed by atoms with Crippen molar-refractivity contribution in [1.29, 1.82) is 0 Å². The molecule has 0 atom stereocenters. The highest BCUT2D eigenvalue weighted by molar-refractivity contribution is 8.00. The first kappa shape index (κ1) is 12.2.